The van der Waals surface area contributed by atoms with Crippen molar-refractivity contribution in [3.8, 4) is 17.5 Å². The number of nitrogens with zero attached hydrogens (tertiary/aromatic N) is 6. The summed E-state index contributed by atoms with van der Waals surface area (Å²) in [7, 11) is 0. The molecule has 2 aliphatic heterocycles. The van der Waals surface area contributed by atoms with Gasteiger partial charge in [-0.2, -0.15) is 5.26 Å². The predicted molar refractivity (Wildman–Crippen MR) is 265 cm³/mol. The Hall–Kier alpha value is -5.71. The summed E-state index contributed by atoms with van der Waals surface area (Å²) < 4.78 is 14.5. The van der Waals surface area contributed by atoms with Crippen molar-refractivity contribution in [1.29, 1.82) is 5.26 Å². The molecule has 1 saturated carbocycles. The summed E-state index contributed by atoms with van der Waals surface area (Å²) in [6, 6.07) is 18.9. The standard InChI is InChI=1S/C56H72N6O7/c1-35-25-45(17-13-40(35)30-57)69-53-55(7,8)50(56(53,9)10)29-48(65)41-14-18-51(59-31-41)60-22-19-38(20-23-60)33-68-34-44(64)27-46(54(4,5)6)52(67)62-32-43(63)28-47(62)49(66)26-36(2)39-11-15-42(16-12-39)61-24-21-58-37(61)3/h11-18,21,24-25,31,36,38,43,46-47,50,53,63H,19-20,22-23,26-29,32-34H2,1-10H3/t36-,43-,46?,47?,50?,53?/m1/s1. The summed E-state index contributed by atoms with van der Waals surface area (Å²) in [6.07, 6.45) is 6.95. The number of aliphatic hydroxyl groups excluding tert-OH is 1. The van der Waals surface area contributed by atoms with Gasteiger partial charge in [0.1, 0.15) is 30.1 Å². The summed E-state index contributed by atoms with van der Waals surface area (Å²) in [5.74, 6) is 1.55. The van der Waals surface area contributed by atoms with Crippen LogP contribution in [0.1, 0.15) is 133 Å². The summed E-state index contributed by atoms with van der Waals surface area (Å²) in [6.45, 7) is 22.2. The average Bonchev–Trinajstić information content (AvgIpc) is 3.93. The number of aromatic nitrogens is 3. The molecule has 0 bridgehead atoms. The first-order chi connectivity index (χ1) is 32.6. The van der Waals surface area contributed by atoms with Gasteiger partial charge in [-0.15, -0.1) is 0 Å². The molecule has 2 aromatic heterocycles. The van der Waals surface area contributed by atoms with Gasteiger partial charge in [-0.1, -0.05) is 67.5 Å². The number of ether oxygens (including phenoxy) is 2. The average molecular weight is 941 g/mol. The lowest BCUT2D eigenvalue weighted by atomic mass is 9.44. The van der Waals surface area contributed by atoms with E-state index in [0.717, 1.165) is 60.1 Å². The molecule has 368 valence electrons. The normalized spacial score (nSPS) is 22.1. The van der Waals surface area contributed by atoms with Crippen LogP contribution in [0.5, 0.6) is 5.75 Å². The molecule has 13 heteroatoms. The van der Waals surface area contributed by atoms with E-state index in [4.69, 9.17) is 14.5 Å². The largest absolute Gasteiger partial charge is 0.489 e. The number of rotatable bonds is 18. The smallest absolute Gasteiger partial charge is 0.227 e. The van der Waals surface area contributed by atoms with Crippen LogP contribution in [-0.2, 0) is 19.1 Å². The second-order valence-corrected chi connectivity index (χ2v) is 22.3. The number of anilines is 1. The maximum absolute atomic E-state index is 14.3. The van der Waals surface area contributed by atoms with Gasteiger partial charge in [-0.25, -0.2) is 9.97 Å². The van der Waals surface area contributed by atoms with Gasteiger partial charge in [0.15, 0.2) is 17.3 Å². The van der Waals surface area contributed by atoms with Crippen LogP contribution in [0.15, 0.2) is 73.2 Å². The lowest BCUT2D eigenvalue weighted by molar-refractivity contribution is -0.196. The molecule has 3 aliphatic rings. The van der Waals surface area contributed by atoms with Crippen molar-refractivity contribution in [2.75, 3.05) is 37.7 Å². The fraction of sp³-hybridized carbons (Fsp3) is 0.554. The van der Waals surface area contributed by atoms with E-state index in [0.29, 0.717) is 24.2 Å². The SMILES string of the molecule is Cc1cc(OC2C(C)(C)C(CC(=O)c3ccc(N4CCC(COCC(=O)CC(C(=O)N5C[C@H](O)CC5C(=O)C[C@@H](C)c5ccc(-n6ccnc6C)cc5)C(C)(C)C)CC4)nc3)C2(C)C)ccc1C#N. The number of aliphatic hydroxyl groups is 1. The van der Waals surface area contributed by atoms with E-state index in [1.54, 1.807) is 18.5 Å². The lowest BCUT2D eigenvalue weighted by Crippen LogP contribution is -2.66. The first-order valence-electron chi connectivity index (χ1n) is 24.7. The third-order valence-corrected chi connectivity index (χ3v) is 15.5. The monoisotopic (exact) mass is 941 g/mol. The van der Waals surface area contributed by atoms with E-state index in [2.05, 4.69) is 43.6 Å². The molecular formula is C56H72N6O7. The quantitative estimate of drug-likeness (QED) is 0.0946. The zero-order valence-corrected chi connectivity index (χ0v) is 42.3. The number of Topliss-reactive ketones (excluding diaryl/α,β-unsaturated/α-hetero) is 3. The number of hydrogen-bond donors (Lipinski definition) is 1. The number of hydrogen-bond acceptors (Lipinski definition) is 11. The van der Waals surface area contributed by atoms with Gasteiger partial charge in [-0.3, -0.25) is 19.2 Å². The van der Waals surface area contributed by atoms with Crippen molar-refractivity contribution in [3.63, 3.8) is 0 Å². The minimum atomic E-state index is -0.813. The molecule has 13 nitrogen and oxygen atoms in total. The van der Waals surface area contributed by atoms with Crippen molar-refractivity contribution in [2.24, 2.45) is 34.0 Å². The van der Waals surface area contributed by atoms with E-state index in [9.17, 15) is 29.5 Å². The maximum atomic E-state index is 14.3. The lowest BCUT2D eigenvalue weighted by Gasteiger charge is -2.63. The van der Waals surface area contributed by atoms with E-state index in [1.807, 2.05) is 101 Å². The highest BCUT2D eigenvalue weighted by Gasteiger charge is 2.63. The maximum Gasteiger partial charge on any atom is 0.227 e. The minimum absolute atomic E-state index is 0.0116. The molecule has 2 saturated heterocycles. The molecule has 4 heterocycles. The van der Waals surface area contributed by atoms with Crippen molar-refractivity contribution in [1.82, 2.24) is 19.4 Å². The third-order valence-electron chi connectivity index (χ3n) is 15.5. The fourth-order valence-electron chi connectivity index (χ4n) is 11.5. The van der Waals surface area contributed by atoms with Crippen LogP contribution in [0.25, 0.3) is 5.69 Å². The Kier molecular flexibility index (Phi) is 15.4. The highest BCUT2D eigenvalue weighted by molar-refractivity contribution is 5.96. The molecule has 3 fully saturated rings. The Balaban J connectivity index is 0.850. The first kappa shape index (κ1) is 51.1. The number of likely N-dealkylation sites (tertiary alicyclic amines) is 1. The van der Waals surface area contributed by atoms with Gasteiger partial charge in [0.25, 0.3) is 0 Å². The number of piperidine rings is 1. The number of carbonyl (C=O) groups excluding carboxylic acids is 4. The highest BCUT2D eigenvalue weighted by Crippen LogP contribution is 2.61. The molecule has 7 rings (SSSR count). The second-order valence-electron chi connectivity index (χ2n) is 22.3. The number of pyridine rings is 1. The van der Waals surface area contributed by atoms with Crippen LogP contribution in [0.2, 0.25) is 0 Å². The third kappa shape index (κ3) is 11.3. The number of β-amino-alcohol motifs (C(OH)–C–C–N with tert-alkyl or cyclic N) is 1. The zero-order chi connectivity index (χ0) is 50.0. The molecule has 0 radical (unpaired) electrons. The number of ketones is 3. The molecule has 69 heavy (non-hydrogen) atoms. The number of aryl methyl sites for hydroxylation is 2. The predicted octanol–water partition coefficient (Wildman–Crippen LogP) is 9.04. The van der Waals surface area contributed by atoms with Crippen molar-refractivity contribution in [3.05, 3.63) is 101 Å². The van der Waals surface area contributed by atoms with Gasteiger partial charge < -0.3 is 28.9 Å². The number of amides is 1. The van der Waals surface area contributed by atoms with Crippen LogP contribution in [0.3, 0.4) is 0 Å². The van der Waals surface area contributed by atoms with Gasteiger partial charge in [0.2, 0.25) is 5.91 Å². The Bertz CT molecular complexity index is 2510. The first-order valence-corrected chi connectivity index (χ1v) is 24.7. The van der Waals surface area contributed by atoms with Gasteiger partial charge in [0, 0.05) is 91.9 Å². The highest BCUT2D eigenvalue weighted by atomic mass is 16.5. The number of nitriles is 1. The van der Waals surface area contributed by atoms with Crippen LogP contribution in [0.4, 0.5) is 5.82 Å². The van der Waals surface area contributed by atoms with E-state index >= 15 is 0 Å². The molecule has 2 unspecified atom stereocenters. The van der Waals surface area contributed by atoms with Crippen molar-refractivity contribution in [2.45, 2.75) is 132 Å². The van der Waals surface area contributed by atoms with Crippen LogP contribution in [0, 0.1) is 59.2 Å². The molecule has 4 atom stereocenters. The molecule has 1 aliphatic carbocycles. The molecule has 1 N–H and O–H groups in total. The van der Waals surface area contributed by atoms with E-state index in [1.165, 1.54) is 4.90 Å². The number of benzene rings is 2. The Morgan fingerprint density at radius 2 is 1.64 bits per heavy atom. The van der Waals surface area contributed by atoms with Crippen molar-refractivity contribution >= 4 is 29.1 Å². The Morgan fingerprint density at radius 1 is 0.942 bits per heavy atom. The molecular weight excluding hydrogens is 869 g/mol. The number of carbonyl (C=O) groups is 4. The zero-order valence-electron chi connectivity index (χ0n) is 42.3. The van der Waals surface area contributed by atoms with Crippen LogP contribution in [-0.4, -0.2) is 98.9 Å². The fourth-order valence-corrected chi connectivity index (χ4v) is 11.5. The van der Waals surface area contributed by atoms with E-state index < -0.39 is 23.5 Å². The van der Waals surface area contributed by atoms with E-state index in [-0.39, 0.29) is 90.4 Å². The number of imidazole rings is 1. The molecule has 1 amide bonds. The van der Waals surface area contributed by atoms with Crippen LogP contribution >= 0.6 is 0 Å². The van der Waals surface area contributed by atoms with Crippen LogP contribution < -0.4 is 9.64 Å². The van der Waals surface area contributed by atoms with Gasteiger partial charge >= 0.3 is 0 Å². The summed E-state index contributed by atoms with van der Waals surface area (Å²) in [5, 5.41) is 20.1. The second kappa shape index (κ2) is 20.7. The molecule has 0 spiro atoms. The molecule has 2 aromatic carbocycles. The van der Waals surface area contributed by atoms with Crippen molar-refractivity contribution < 1.29 is 33.8 Å². The Labute approximate surface area is 408 Å². The summed E-state index contributed by atoms with van der Waals surface area (Å²) >= 11 is 0. The molecule has 4 aromatic rings. The minimum Gasteiger partial charge on any atom is -0.489 e. The summed E-state index contributed by atoms with van der Waals surface area (Å²) in [5.41, 5.74) is 3.04. The topological polar surface area (TPSA) is 168 Å². The Morgan fingerprint density at radius 3 is 2.23 bits per heavy atom. The summed E-state index contributed by atoms with van der Waals surface area (Å²) in [4.78, 5) is 67.9. The van der Waals surface area contributed by atoms with Gasteiger partial charge in [-0.05, 0) is 103 Å². The van der Waals surface area contributed by atoms with Gasteiger partial charge in [0.05, 0.1) is 30.4 Å².